The topological polar surface area (TPSA) is 73.2 Å². The standard InChI is InChI=1S/C19H22FN3O3/c1-4-14-12(2)19(3,20)17(26-14)23-11-10-15(22-18(23)25)21-16(24)13-8-6-5-7-9-13/h5-12,14,17H,4H2,1-3H3,(H,21,22,24,25)/t12-,14+,17+,19?/m0/s1. The molecule has 0 spiro atoms. The minimum atomic E-state index is -1.69. The summed E-state index contributed by atoms with van der Waals surface area (Å²) in [7, 11) is 0. The highest BCUT2D eigenvalue weighted by atomic mass is 19.1. The summed E-state index contributed by atoms with van der Waals surface area (Å²) in [5.41, 5.74) is -1.91. The van der Waals surface area contributed by atoms with E-state index < -0.39 is 17.6 Å². The first-order valence-electron chi connectivity index (χ1n) is 8.64. The SMILES string of the molecule is CC[C@H]1O[C@@H](n2ccc(NC(=O)c3ccccc3)nc2=O)C(C)(F)[C@H]1C. The zero-order valence-electron chi connectivity index (χ0n) is 15.0. The third-order valence-corrected chi connectivity index (χ3v) is 5.00. The minimum Gasteiger partial charge on any atom is -0.351 e. The van der Waals surface area contributed by atoms with E-state index in [1.165, 1.54) is 19.2 Å². The average Bonchev–Trinajstić information content (AvgIpc) is 2.85. The van der Waals surface area contributed by atoms with Crippen LogP contribution in [0.25, 0.3) is 0 Å². The van der Waals surface area contributed by atoms with E-state index in [2.05, 4.69) is 10.3 Å². The molecule has 26 heavy (non-hydrogen) atoms. The molecule has 1 aliphatic heterocycles. The Hall–Kier alpha value is -2.54. The van der Waals surface area contributed by atoms with E-state index in [4.69, 9.17) is 4.74 Å². The van der Waals surface area contributed by atoms with Crippen LogP contribution >= 0.6 is 0 Å². The van der Waals surface area contributed by atoms with Crippen LogP contribution in [0.1, 0.15) is 43.8 Å². The van der Waals surface area contributed by atoms with Crippen LogP contribution in [0.5, 0.6) is 0 Å². The van der Waals surface area contributed by atoms with Gasteiger partial charge in [-0.2, -0.15) is 4.98 Å². The lowest BCUT2D eigenvalue weighted by Crippen LogP contribution is -2.38. The minimum absolute atomic E-state index is 0.110. The smallest absolute Gasteiger partial charge is 0.351 e. The van der Waals surface area contributed by atoms with Gasteiger partial charge in [-0.25, -0.2) is 9.18 Å². The van der Waals surface area contributed by atoms with Gasteiger partial charge in [0.25, 0.3) is 5.91 Å². The Kier molecular flexibility index (Phi) is 4.91. The number of hydrogen-bond donors (Lipinski definition) is 1. The van der Waals surface area contributed by atoms with Crippen LogP contribution < -0.4 is 11.0 Å². The fourth-order valence-electron chi connectivity index (χ4n) is 3.23. The van der Waals surface area contributed by atoms with Crippen molar-refractivity contribution in [1.29, 1.82) is 0 Å². The van der Waals surface area contributed by atoms with Crippen molar-refractivity contribution in [2.24, 2.45) is 5.92 Å². The second kappa shape index (κ2) is 6.99. The number of anilines is 1. The molecule has 1 aliphatic rings. The number of halogens is 1. The van der Waals surface area contributed by atoms with Crippen LogP contribution in [0.4, 0.5) is 10.2 Å². The van der Waals surface area contributed by atoms with Gasteiger partial charge in [-0.15, -0.1) is 0 Å². The molecule has 0 radical (unpaired) electrons. The summed E-state index contributed by atoms with van der Waals surface area (Å²) in [5.74, 6) is -0.608. The molecule has 1 N–H and O–H groups in total. The molecule has 0 bridgehead atoms. The van der Waals surface area contributed by atoms with Crippen molar-refractivity contribution in [3.05, 3.63) is 58.6 Å². The molecular weight excluding hydrogens is 337 g/mol. The lowest BCUT2D eigenvalue weighted by atomic mass is 9.88. The molecule has 2 aromatic rings. The molecule has 1 aromatic heterocycles. The first-order valence-corrected chi connectivity index (χ1v) is 8.64. The summed E-state index contributed by atoms with van der Waals surface area (Å²) in [4.78, 5) is 28.4. The molecule has 1 fully saturated rings. The molecular formula is C19H22FN3O3. The number of amides is 1. The Morgan fingerprint density at radius 1 is 1.35 bits per heavy atom. The van der Waals surface area contributed by atoms with Crippen LogP contribution in [0.15, 0.2) is 47.4 Å². The number of nitrogens with one attached hydrogen (secondary N) is 1. The van der Waals surface area contributed by atoms with Gasteiger partial charge < -0.3 is 10.1 Å². The van der Waals surface area contributed by atoms with Gasteiger partial charge in [-0.3, -0.25) is 9.36 Å². The average molecular weight is 359 g/mol. The highest BCUT2D eigenvalue weighted by molar-refractivity contribution is 6.03. The number of carbonyl (C=O) groups excluding carboxylic acids is 1. The Morgan fingerprint density at radius 2 is 2.04 bits per heavy atom. The Balaban J connectivity index is 1.82. The highest BCUT2D eigenvalue weighted by Gasteiger charge is 2.52. The molecule has 1 saturated heterocycles. The largest absolute Gasteiger partial charge is 0.351 e. The number of carbonyl (C=O) groups is 1. The molecule has 138 valence electrons. The normalized spacial score (nSPS) is 28.1. The first-order chi connectivity index (χ1) is 12.3. The molecule has 0 aliphatic carbocycles. The van der Waals surface area contributed by atoms with E-state index >= 15 is 4.39 Å². The van der Waals surface area contributed by atoms with Gasteiger partial charge >= 0.3 is 5.69 Å². The molecule has 1 aromatic carbocycles. The fraction of sp³-hybridized carbons (Fsp3) is 0.421. The summed E-state index contributed by atoms with van der Waals surface area (Å²) in [6.07, 6.45) is 0.758. The summed E-state index contributed by atoms with van der Waals surface area (Å²) in [6.45, 7) is 5.14. The van der Waals surface area contributed by atoms with Crippen molar-refractivity contribution in [3.63, 3.8) is 0 Å². The lowest BCUT2D eigenvalue weighted by molar-refractivity contribution is -0.0500. The zero-order chi connectivity index (χ0) is 18.9. The predicted octanol–water partition coefficient (Wildman–Crippen LogP) is 3.17. The van der Waals surface area contributed by atoms with E-state index in [-0.39, 0.29) is 23.7 Å². The van der Waals surface area contributed by atoms with E-state index in [1.807, 2.05) is 6.92 Å². The quantitative estimate of drug-likeness (QED) is 0.910. The molecule has 6 nitrogen and oxygen atoms in total. The predicted molar refractivity (Wildman–Crippen MR) is 95.8 cm³/mol. The maximum Gasteiger partial charge on any atom is 0.351 e. The maximum absolute atomic E-state index is 15.1. The van der Waals surface area contributed by atoms with E-state index in [0.29, 0.717) is 12.0 Å². The first kappa shape index (κ1) is 18.3. The molecule has 4 atom stereocenters. The summed E-state index contributed by atoms with van der Waals surface area (Å²) >= 11 is 0. The number of hydrogen-bond acceptors (Lipinski definition) is 4. The molecule has 0 saturated carbocycles. The third kappa shape index (κ3) is 3.26. The van der Waals surface area contributed by atoms with Crippen LogP contribution in [0.3, 0.4) is 0 Å². The number of ether oxygens (including phenoxy) is 1. The summed E-state index contributed by atoms with van der Waals surface area (Å²) < 4.78 is 22.0. The van der Waals surface area contributed by atoms with Crippen LogP contribution in [-0.4, -0.2) is 27.2 Å². The molecule has 1 amide bonds. The third-order valence-electron chi connectivity index (χ3n) is 5.00. The van der Waals surface area contributed by atoms with E-state index in [0.717, 1.165) is 4.57 Å². The fourth-order valence-corrected chi connectivity index (χ4v) is 3.23. The van der Waals surface area contributed by atoms with Crippen LogP contribution in [0.2, 0.25) is 0 Å². The lowest BCUT2D eigenvalue weighted by Gasteiger charge is -2.25. The van der Waals surface area contributed by atoms with Gasteiger partial charge in [0, 0.05) is 17.7 Å². The Bertz CT molecular complexity index is 851. The molecule has 2 heterocycles. The maximum atomic E-state index is 15.1. The van der Waals surface area contributed by atoms with Gasteiger partial charge in [0.2, 0.25) is 0 Å². The van der Waals surface area contributed by atoms with Crippen molar-refractivity contribution in [2.45, 2.75) is 45.2 Å². The number of benzene rings is 1. The monoisotopic (exact) mass is 359 g/mol. The number of rotatable bonds is 4. The molecule has 7 heteroatoms. The van der Waals surface area contributed by atoms with Gasteiger partial charge in [0.05, 0.1) is 6.10 Å². The highest BCUT2D eigenvalue weighted by Crippen LogP contribution is 2.45. The summed E-state index contributed by atoms with van der Waals surface area (Å²) in [5, 5.41) is 2.57. The van der Waals surface area contributed by atoms with Gasteiger partial charge in [-0.1, -0.05) is 32.0 Å². The van der Waals surface area contributed by atoms with Gasteiger partial charge in [0.15, 0.2) is 11.9 Å². The van der Waals surface area contributed by atoms with Gasteiger partial charge in [0.1, 0.15) is 5.82 Å². The Labute approximate surface area is 151 Å². The van der Waals surface area contributed by atoms with Crippen LogP contribution in [-0.2, 0) is 4.74 Å². The van der Waals surface area contributed by atoms with E-state index in [9.17, 15) is 9.59 Å². The second-order valence-corrected chi connectivity index (χ2v) is 6.70. The second-order valence-electron chi connectivity index (χ2n) is 6.70. The Morgan fingerprint density at radius 3 is 2.62 bits per heavy atom. The zero-order valence-corrected chi connectivity index (χ0v) is 15.0. The van der Waals surface area contributed by atoms with E-state index in [1.54, 1.807) is 37.3 Å². The summed E-state index contributed by atoms with van der Waals surface area (Å²) in [6, 6.07) is 10.1. The van der Waals surface area contributed by atoms with Crippen molar-refractivity contribution in [1.82, 2.24) is 9.55 Å². The molecule has 1 unspecified atom stereocenters. The number of aromatic nitrogens is 2. The van der Waals surface area contributed by atoms with Crippen LogP contribution in [0, 0.1) is 5.92 Å². The van der Waals surface area contributed by atoms with Crippen molar-refractivity contribution < 1.29 is 13.9 Å². The number of alkyl halides is 1. The van der Waals surface area contributed by atoms with Crippen molar-refractivity contribution in [2.75, 3.05) is 5.32 Å². The number of nitrogens with zero attached hydrogens (tertiary/aromatic N) is 2. The molecule has 3 rings (SSSR count). The van der Waals surface area contributed by atoms with Crippen molar-refractivity contribution >= 4 is 11.7 Å². The van der Waals surface area contributed by atoms with Gasteiger partial charge in [-0.05, 0) is 31.5 Å². The van der Waals surface area contributed by atoms with Crippen molar-refractivity contribution in [3.8, 4) is 0 Å².